The van der Waals surface area contributed by atoms with Crippen LogP contribution in [0.5, 0.6) is 0 Å². The largest absolute Gasteiger partial charge is 0.402 e. The van der Waals surface area contributed by atoms with Gasteiger partial charge in [-0.1, -0.05) is 11.6 Å². The Morgan fingerprint density at radius 1 is 1.42 bits per heavy atom. The molecular formula is C10H12ClF3N2O2S. The third-order valence-corrected chi connectivity index (χ3v) is 4.44. The highest BCUT2D eigenvalue weighted by Crippen LogP contribution is 2.25. The molecule has 0 saturated carbocycles. The minimum atomic E-state index is -4.62. The Hall–Kier alpha value is -0.860. The maximum absolute atomic E-state index is 12.4. The number of halogens is 4. The highest BCUT2D eigenvalue weighted by Gasteiger charge is 2.38. The normalized spacial score (nSPS) is 13.3. The van der Waals surface area contributed by atoms with Crippen LogP contribution in [0.3, 0.4) is 0 Å². The molecule has 1 rings (SSSR count). The molecule has 0 fully saturated rings. The summed E-state index contributed by atoms with van der Waals surface area (Å²) in [5.74, 6) is 0. The number of hydrogen-bond acceptors (Lipinski definition) is 3. The first-order chi connectivity index (χ1) is 8.54. The van der Waals surface area contributed by atoms with Gasteiger partial charge in [0.1, 0.15) is 11.7 Å². The van der Waals surface area contributed by atoms with Crippen LogP contribution in [-0.2, 0) is 10.0 Å². The average Bonchev–Trinajstić information content (AvgIpc) is 2.24. The van der Waals surface area contributed by atoms with Crippen LogP contribution in [0.4, 0.5) is 13.2 Å². The molecule has 0 atom stereocenters. The van der Waals surface area contributed by atoms with Gasteiger partial charge in [0.15, 0.2) is 0 Å². The van der Waals surface area contributed by atoms with Gasteiger partial charge in [0, 0.05) is 12.2 Å². The monoisotopic (exact) mass is 316 g/mol. The summed E-state index contributed by atoms with van der Waals surface area (Å²) >= 11 is 5.55. The van der Waals surface area contributed by atoms with Gasteiger partial charge in [-0.25, -0.2) is 13.4 Å². The van der Waals surface area contributed by atoms with Gasteiger partial charge in [-0.3, -0.25) is 0 Å². The zero-order valence-corrected chi connectivity index (χ0v) is 11.7. The van der Waals surface area contributed by atoms with E-state index in [4.69, 9.17) is 11.6 Å². The van der Waals surface area contributed by atoms with Gasteiger partial charge in [0.05, 0.1) is 4.90 Å². The SMILES string of the molecule is CC(C)N(CC(F)(F)F)S(=O)(=O)c1ccnc(Cl)c1. The number of rotatable bonds is 4. The number of sulfonamides is 1. The maximum Gasteiger partial charge on any atom is 0.402 e. The molecule has 0 saturated heterocycles. The van der Waals surface area contributed by atoms with Crippen molar-refractivity contribution in [1.82, 2.24) is 9.29 Å². The lowest BCUT2D eigenvalue weighted by molar-refractivity contribution is -0.138. The Morgan fingerprint density at radius 3 is 2.42 bits per heavy atom. The van der Waals surface area contributed by atoms with E-state index in [-0.39, 0.29) is 10.0 Å². The van der Waals surface area contributed by atoms with E-state index in [1.54, 1.807) is 0 Å². The first-order valence-corrected chi connectivity index (χ1v) is 7.06. The first kappa shape index (κ1) is 16.2. The Morgan fingerprint density at radius 2 is 2.00 bits per heavy atom. The highest BCUT2D eigenvalue weighted by atomic mass is 35.5. The quantitative estimate of drug-likeness (QED) is 0.803. The van der Waals surface area contributed by atoms with E-state index in [0.717, 1.165) is 18.3 Å². The molecule has 19 heavy (non-hydrogen) atoms. The van der Waals surface area contributed by atoms with Crippen molar-refractivity contribution in [2.75, 3.05) is 6.54 Å². The predicted octanol–water partition coefficient (Wildman–Crippen LogP) is 2.70. The van der Waals surface area contributed by atoms with Gasteiger partial charge in [-0.15, -0.1) is 0 Å². The van der Waals surface area contributed by atoms with E-state index in [2.05, 4.69) is 4.98 Å². The molecule has 108 valence electrons. The lowest BCUT2D eigenvalue weighted by Gasteiger charge is -2.26. The molecule has 9 heteroatoms. The third kappa shape index (κ3) is 4.32. The Balaban J connectivity index is 3.21. The molecule has 0 spiro atoms. The average molecular weight is 317 g/mol. The van der Waals surface area contributed by atoms with E-state index in [9.17, 15) is 21.6 Å². The van der Waals surface area contributed by atoms with Gasteiger partial charge in [-0.2, -0.15) is 17.5 Å². The summed E-state index contributed by atoms with van der Waals surface area (Å²) in [4.78, 5) is 3.28. The number of nitrogens with zero attached hydrogens (tertiary/aromatic N) is 2. The lowest BCUT2D eigenvalue weighted by atomic mass is 10.4. The molecule has 0 radical (unpaired) electrons. The minimum Gasteiger partial charge on any atom is -0.244 e. The topological polar surface area (TPSA) is 50.3 Å². The summed E-state index contributed by atoms with van der Waals surface area (Å²) in [5, 5.41) is -0.100. The van der Waals surface area contributed by atoms with E-state index in [1.807, 2.05) is 0 Å². The van der Waals surface area contributed by atoms with Crippen LogP contribution in [0, 0.1) is 0 Å². The van der Waals surface area contributed by atoms with Crippen molar-refractivity contribution in [1.29, 1.82) is 0 Å². The van der Waals surface area contributed by atoms with E-state index in [0.29, 0.717) is 4.31 Å². The van der Waals surface area contributed by atoms with Crippen LogP contribution in [0.15, 0.2) is 23.2 Å². The molecule has 1 heterocycles. The summed E-state index contributed by atoms with van der Waals surface area (Å²) in [6.45, 7) is 1.19. The number of hydrogen-bond donors (Lipinski definition) is 0. The first-order valence-electron chi connectivity index (χ1n) is 5.24. The summed E-state index contributed by atoms with van der Waals surface area (Å²) in [7, 11) is -4.27. The van der Waals surface area contributed by atoms with Gasteiger partial charge < -0.3 is 0 Å². The highest BCUT2D eigenvalue weighted by molar-refractivity contribution is 7.89. The van der Waals surface area contributed by atoms with Crippen molar-refractivity contribution in [3.05, 3.63) is 23.5 Å². The fourth-order valence-corrected chi connectivity index (χ4v) is 3.28. The molecule has 0 aliphatic heterocycles. The summed E-state index contributed by atoms with van der Waals surface area (Å²) in [6, 6.07) is 1.29. The third-order valence-electron chi connectivity index (χ3n) is 2.22. The van der Waals surface area contributed by atoms with Gasteiger partial charge in [0.2, 0.25) is 10.0 Å². The molecular weight excluding hydrogens is 305 g/mol. The Labute approximate surface area is 114 Å². The summed E-state index contributed by atoms with van der Waals surface area (Å²) in [6.07, 6.45) is -3.49. The number of pyridine rings is 1. The van der Waals surface area contributed by atoms with Gasteiger partial charge in [0.25, 0.3) is 0 Å². The van der Waals surface area contributed by atoms with Crippen molar-refractivity contribution >= 4 is 21.6 Å². The Bertz CT molecular complexity index is 546. The molecule has 1 aromatic heterocycles. The number of alkyl halides is 3. The molecule has 0 bridgehead atoms. The second kappa shape index (κ2) is 5.64. The predicted molar refractivity (Wildman–Crippen MR) is 64.3 cm³/mol. The maximum atomic E-state index is 12.4. The van der Waals surface area contributed by atoms with Crippen LogP contribution >= 0.6 is 11.6 Å². The fourth-order valence-electron chi connectivity index (χ4n) is 1.40. The smallest absolute Gasteiger partial charge is 0.244 e. The summed E-state index contributed by atoms with van der Waals surface area (Å²) < 4.78 is 62.0. The van der Waals surface area contributed by atoms with Crippen molar-refractivity contribution in [2.45, 2.75) is 31.0 Å². The van der Waals surface area contributed by atoms with Crippen molar-refractivity contribution < 1.29 is 21.6 Å². The second-order valence-electron chi connectivity index (χ2n) is 4.07. The van der Waals surface area contributed by atoms with E-state index in [1.165, 1.54) is 13.8 Å². The molecule has 0 unspecified atom stereocenters. The van der Waals surface area contributed by atoms with Gasteiger partial charge >= 0.3 is 6.18 Å². The zero-order chi connectivity index (χ0) is 14.8. The van der Waals surface area contributed by atoms with Crippen molar-refractivity contribution in [3.63, 3.8) is 0 Å². The van der Waals surface area contributed by atoms with Crippen LogP contribution in [-0.4, -0.2) is 36.5 Å². The molecule has 0 aliphatic rings. The van der Waals surface area contributed by atoms with E-state index >= 15 is 0 Å². The molecule has 4 nitrogen and oxygen atoms in total. The van der Waals surface area contributed by atoms with Crippen molar-refractivity contribution in [3.8, 4) is 0 Å². The van der Waals surface area contributed by atoms with Crippen LogP contribution < -0.4 is 0 Å². The molecule has 0 N–H and O–H groups in total. The van der Waals surface area contributed by atoms with E-state index < -0.39 is 28.8 Å². The number of aromatic nitrogens is 1. The fraction of sp³-hybridized carbons (Fsp3) is 0.500. The standard InChI is InChI=1S/C10H12ClF3N2O2S/c1-7(2)16(6-10(12,13)14)19(17,18)8-3-4-15-9(11)5-8/h3-5,7H,6H2,1-2H3. The zero-order valence-electron chi connectivity index (χ0n) is 10.1. The lowest BCUT2D eigenvalue weighted by Crippen LogP contribution is -2.43. The molecule has 0 amide bonds. The van der Waals surface area contributed by atoms with Crippen LogP contribution in [0.25, 0.3) is 0 Å². The minimum absolute atomic E-state index is 0.100. The van der Waals surface area contributed by atoms with Crippen molar-refractivity contribution in [2.24, 2.45) is 0 Å². The van der Waals surface area contributed by atoms with Crippen LogP contribution in [0.2, 0.25) is 5.15 Å². The van der Waals surface area contributed by atoms with Crippen LogP contribution in [0.1, 0.15) is 13.8 Å². The molecule has 1 aromatic rings. The summed E-state index contributed by atoms with van der Waals surface area (Å²) in [5.41, 5.74) is 0. The molecule has 0 aromatic carbocycles. The Kier molecular flexibility index (Phi) is 4.81. The molecule has 0 aliphatic carbocycles. The second-order valence-corrected chi connectivity index (χ2v) is 6.35. The van der Waals surface area contributed by atoms with Gasteiger partial charge in [-0.05, 0) is 26.0 Å².